The fourth-order valence-electron chi connectivity index (χ4n) is 2.31. The van der Waals surface area contributed by atoms with Crippen LogP contribution in [0.25, 0.3) is 0 Å². The van der Waals surface area contributed by atoms with Crippen LogP contribution in [-0.4, -0.2) is 78.5 Å². The lowest BCUT2D eigenvalue weighted by Crippen LogP contribution is -2.53. The molecule has 0 saturated carbocycles. The van der Waals surface area contributed by atoms with Crippen LogP contribution < -0.4 is 0 Å². The van der Waals surface area contributed by atoms with Gasteiger partial charge >= 0.3 is 6.09 Å². The number of nitrogens with zero attached hydrogens (tertiary/aromatic N) is 3. The summed E-state index contributed by atoms with van der Waals surface area (Å²) in [6, 6.07) is 0. The third kappa shape index (κ3) is 5.54. The van der Waals surface area contributed by atoms with Crippen LogP contribution in [0.3, 0.4) is 0 Å². The summed E-state index contributed by atoms with van der Waals surface area (Å²) >= 11 is 0. The van der Waals surface area contributed by atoms with E-state index in [0.29, 0.717) is 39.3 Å². The highest BCUT2D eigenvalue weighted by Crippen LogP contribution is 2.06. The Bertz CT molecular complexity index is 392. The van der Waals surface area contributed by atoms with Gasteiger partial charge in [-0.25, -0.2) is 4.79 Å². The van der Waals surface area contributed by atoms with E-state index in [2.05, 4.69) is 6.92 Å². The lowest BCUT2D eigenvalue weighted by atomic mass is 10.3. The maximum Gasteiger partial charge on any atom is 0.409 e. The van der Waals surface area contributed by atoms with Crippen LogP contribution >= 0.6 is 0 Å². The molecule has 0 aromatic heterocycles. The minimum absolute atomic E-state index is 0.0604. The Morgan fingerprint density at radius 3 is 2.14 bits per heavy atom. The van der Waals surface area contributed by atoms with Crippen LogP contribution in [0.15, 0.2) is 0 Å². The standard InChI is InChI=1S/C15H27N3O4/c1-4-6-7-18(13(3)19)12-14(20)16-8-10-17(11-9-16)15(21)22-5-2/h4-12H2,1-3H3. The first-order valence-electron chi connectivity index (χ1n) is 7.94. The minimum atomic E-state index is -0.331. The molecule has 3 amide bonds. The van der Waals surface area contributed by atoms with Gasteiger partial charge in [-0.2, -0.15) is 0 Å². The van der Waals surface area contributed by atoms with Crippen LogP contribution in [0.1, 0.15) is 33.6 Å². The first-order chi connectivity index (χ1) is 10.5. The molecule has 0 aromatic carbocycles. The molecule has 0 radical (unpaired) electrons. The van der Waals surface area contributed by atoms with Crippen LogP contribution in [0, 0.1) is 0 Å². The number of amides is 3. The fourth-order valence-corrected chi connectivity index (χ4v) is 2.31. The van der Waals surface area contributed by atoms with Gasteiger partial charge in [-0.1, -0.05) is 13.3 Å². The maximum absolute atomic E-state index is 12.3. The normalized spacial score (nSPS) is 14.7. The molecule has 1 rings (SSSR count). The van der Waals surface area contributed by atoms with Gasteiger partial charge in [0.2, 0.25) is 11.8 Å². The number of hydrogen-bond acceptors (Lipinski definition) is 4. The van der Waals surface area contributed by atoms with E-state index >= 15 is 0 Å². The second kappa shape index (κ2) is 9.27. The Balaban J connectivity index is 2.44. The van der Waals surface area contributed by atoms with Gasteiger partial charge in [0.1, 0.15) is 0 Å². The minimum Gasteiger partial charge on any atom is -0.450 e. The molecule has 0 bridgehead atoms. The van der Waals surface area contributed by atoms with Crippen molar-refractivity contribution in [1.29, 1.82) is 0 Å². The summed E-state index contributed by atoms with van der Waals surface area (Å²) in [5.74, 6) is -0.137. The van der Waals surface area contributed by atoms with Crippen molar-refractivity contribution in [2.24, 2.45) is 0 Å². The summed E-state index contributed by atoms with van der Waals surface area (Å²) < 4.78 is 4.95. The summed E-state index contributed by atoms with van der Waals surface area (Å²) in [5.41, 5.74) is 0. The summed E-state index contributed by atoms with van der Waals surface area (Å²) in [5, 5.41) is 0. The third-order valence-electron chi connectivity index (χ3n) is 3.71. The highest BCUT2D eigenvalue weighted by Gasteiger charge is 2.26. The zero-order valence-electron chi connectivity index (χ0n) is 13.8. The molecule has 0 aromatic rings. The number of unbranched alkanes of at least 4 members (excludes halogenated alkanes) is 1. The van der Waals surface area contributed by atoms with E-state index in [1.807, 2.05) is 0 Å². The number of hydrogen-bond donors (Lipinski definition) is 0. The van der Waals surface area contributed by atoms with Crippen LogP contribution in [0.4, 0.5) is 4.79 Å². The lowest BCUT2D eigenvalue weighted by Gasteiger charge is -2.35. The van der Waals surface area contributed by atoms with E-state index in [1.54, 1.807) is 21.6 Å². The Morgan fingerprint density at radius 1 is 1.05 bits per heavy atom. The zero-order chi connectivity index (χ0) is 16.5. The molecule has 0 unspecified atom stereocenters. The van der Waals surface area contributed by atoms with Gasteiger partial charge in [0.25, 0.3) is 0 Å². The quantitative estimate of drug-likeness (QED) is 0.731. The van der Waals surface area contributed by atoms with E-state index in [1.165, 1.54) is 6.92 Å². The molecule has 1 saturated heterocycles. The molecule has 22 heavy (non-hydrogen) atoms. The molecule has 0 N–H and O–H groups in total. The van der Waals surface area contributed by atoms with E-state index in [0.717, 1.165) is 12.8 Å². The Hall–Kier alpha value is -1.79. The Labute approximate surface area is 132 Å². The summed E-state index contributed by atoms with van der Waals surface area (Å²) in [6.07, 6.45) is 1.54. The third-order valence-corrected chi connectivity index (χ3v) is 3.71. The highest BCUT2D eigenvalue weighted by molar-refractivity contribution is 5.84. The lowest BCUT2D eigenvalue weighted by molar-refractivity contribution is -0.140. The highest BCUT2D eigenvalue weighted by atomic mass is 16.6. The van der Waals surface area contributed by atoms with Gasteiger partial charge in [-0.15, -0.1) is 0 Å². The second-order valence-corrected chi connectivity index (χ2v) is 5.36. The topological polar surface area (TPSA) is 70.2 Å². The van der Waals surface area contributed by atoms with Gasteiger partial charge in [-0.05, 0) is 13.3 Å². The average molecular weight is 313 g/mol. The van der Waals surface area contributed by atoms with Crippen molar-refractivity contribution in [2.45, 2.75) is 33.6 Å². The van der Waals surface area contributed by atoms with E-state index in [9.17, 15) is 14.4 Å². The van der Waals surface area contributed by atoms with Crippen molar-refractivity contribution >= 4 is 17.9 Å². The molecule has 0 spiro atoms. The Kier molecular flexibility index (Phi) is 7.70. The van der Waals surface area contributed by atoms with Crippen molar-refractivity contribution in [1.82, 2.24) is 14.7 Å². The van der Waals surface area contributed by atoms with Gasteiger partial charge in [0.05, 0.1) is 13.2 Å². The molecule has 7 nitrogen and oxygen atoms in total. The molecular formula is C15H27N3O4. The largest absolute Gasteiger partial charge is 0.450 e. The number of carbonyl (C=O) groups excluding carboxylic acids is 3. The average Bonchev–Trinajstić information content (AvgIpc) is 2.51. The van der Waals surface area contributed by atoms with Crippen molar-refractivity contribution in [2.75, 3.05) is 45.9 Å². The summed E-state index contributed by atoms with van der Waals surface area (Å²) in [4.78, 5) is 40.3. The first-order valence-corrected chi connectivity index (χ1v) is 7.94. The van der Waals surface area contributed by atoms with Crippen molar-refractivity contribution in [3.8, 4) is 0 Å². The van der Waals surface area contributed by atoms with Gasteiger partial charge < -0.3 is 19.4 Å². The van der Waals surface area contributed by atoms with Gasteiger partial charge in [0, 0.05) is 39.6 Å². The summed E-state index contributed by atoms with van der Waals surface area (Å²) in [6.45, 7) is 8.30. The predicted octanol–water partition coefficient (Wildman–Crippen LogP) is 0.936. The predicted molar refractivity (Wildman–Crippen MR) is 82.3 cm³/mol. The first kappa shape index (κ1) is 18.3. The summed E-state index contributed by atoms with van der Waals surface area (Å²) in [7, 11) is 0. The van der Waals surface area contributed by atoms with E-state index < -0.39 is 0 Å². The van der Waals surface area contributed by atoms with Gasteiger partial charge in [-0.3, -0.25) is 9.59 Å². The van der Waals surface area contributed by atoms with Crippen LogP contribution in [0.2, 0.25) is 0 Å². The van der Waals surface area contributed by atoms with E-state index in [4.69, 9.17) is 4.74 Å². The van der Waals surface area contributed by atoms with Crippen molar-refractivity contribution < 1.29 is 19.1 Å². The zero-order valence-corrected chi connectivity index (χ0v) is 13.8. The smallest absolute Gasteiger partial charge is 0.409 e. The van der Waals surface area contributed by atoms with Gasteiger partial charge in [0.15, 0.2) is 0 Å². The molecular weight excluding hydrogens is 286 g/mol. The maximum atomic E-state index is 12.3. The number of rotatable bonds is 6. The van der Waals surface area contributed by atoms with Crippen molar-refractivity contribution in [3.05, 3.63) is 0 Å². The monoisotopic (exact) mass is 313 g/mol. The molecule has 1 aliphatic heterocycles. The molecule has 126 valence electrons. The van der Waals surface area contributed by atoms with Crippen LogP contribution in [0.5, 0.6) is 0 Å². The molecule has 0 atom stereocenters. The number of piperazine rings is 1. The van der Waals surface area contributed by atoms with Crippen LogP contribution in [-0.2, 0) is 14.3 Å². The second-order valence-electron chi connectivity index (χ2n) is 5.36. The molecule has 7 heteroatoms. The Morgan fingerprint density at radius 2 is 1.64 bits per heavy atom. The molecule has 1 heterocycles. The molecule has 1 aliphatic rings. The fraction of sp³-hybridized carbons (Fsp3) is 0.800. The molecule has 1 fully saturated rings. The number of ether oxygens (including phenoxy) is 1. The molecule has 0 aliphatic carbocycles. The van der Waals surface area contributed by atoms with Crippen molar-refractivity contribution in [3.63, 3.8) is 0 Å². The van der Waals surface area contributed by atoms with E-state index in [-0.39, 0.29) is 24.5 Å². The SMILES string of the molecule is CCCCN(CC(=O)N1CCN(C(=O)OCC)CC1)C(C)=O. The number of carbonyl (C=O) groups is 3.